The third-order valence-corrected chi connectivity index (χ3v) is 11.3. The molecular formula is C34H40O9. The minimum atomic E-state index is -1.28. The van der Waals surface area contributed by atoms with Crippen LogP contribution in [0.5, 0.6) is 5.75 Å². The van der Waals surface area contributed by atoms with E-state index in [2.05, 4.69) is 6.92 Å². The number of carbonyl (C=O) groups is 2. The first-order valence-corrected chi connectivity index (χ1v) is 15.6. The maximum Gasteiger partial charge on any atom is 0.345 e. The van der Waals surface area contributed by atoms with Gasteiger partial charge in [-0.15, -0.1) is 0 Å². The fraction of sp³-hybridized carbons (Fsp3) is 0.618. The first kappa shape index (κ1) is 28.6. The molecule has 4 fully saturated rings. The lowest BCUT2D eigenvalue weighted by atomic mass is 9.42. The van der Waals surface area contributed by atoms with Gasteiger partial charge < -0.3 is 28.8 Å². The molecule has 7 rings (SSSR count). The first-order chi connectivity index (χ1) is 20.5. The molecule has 230 valence electrons. The van der Waals surface area contributed by atoms with Crippen LogP contribution in [0.25, 0.3) is 11.3 Å². The molecule has 4 saturated carbocycles. The summed E-state index contributed by atoms with van der Waals surface area (Å²) < 4.78 is 24.2. The van der Waals surface area contributed by atoms with Crippen LogP contribution in [-0.4, -0.2) is 46.6 Å². The van der Waals surface area contributed by atoms with E-state index in [4.69, 9.17) is 18.6 Å². The van der Waals surface area contributed by atoms with Crippen LogP contribution in [0.3, 0.4) is 0 Å². The molecule has 0 saturated heterocycles. The normalized spacial score (nSPS) is 38.1. The average Bonchev–Trinajstić information content (AvgIpc) is 3.88. The molecule has 5 aliphatic rings. The third kappa shape index (κ3) is 4.53. The van der Waals surface area contributed by atoms with Gasteiger partial charge in [0.05, 0.1) is 24.0 Å². The zero-order valence-corrected chi connectivity index (χ0v) is 24.9. The molecule has 2 heterocycles. The number of aliphatic hydroxyl groups excluding tert-OH is 2. The van der Waals surface area contributed by atoms with Gasteiger partial charge in [-0.2, -0.15) is 0 Å². The SMILES string of the molecule is CC1(COC(=O)C2CC2)C2C[C@H](O)[C@@]3(C)Oc4cc(-c5ccccc5)oc(=O)c4[C@H](O)C3[C@@]2(C)CC[C@@H]1OC(=O)C1CC1. The van der Waals surface area contributed by atoms with E-state index < -0.39 is 46.3 Å². The number of esters is 2. The third-order valence-electron chi connectivity index (χ3n) is 11.3. The van der Waals surface area contributed by atoms with Crippen molar-refractivity contribution >= 4 is 11.9 Å². The molecule has 1 aromatic carbocycles. The Morgan fingerprint density at radius 2 is 1.65 bits per heavy atom. The molecule has 2 aromatic rings. The van der Waals surface area contributed by atoms with Gasteiger partial charge in [-0.25, -0.2) is 4.79 Å². The van der Waals surface area contributed by atoms with Crippen LogP contribution in [0.2, 0.25) is 0 Å². The van der Waals surface area contributed by atoms with Gasteiger partial charge in [-0.3, -0.25) is 9.59 Å². The van der Waals surface area contributed by atoms with E-state index in [0.717, 1.165) is 25.7 Å². The van der Waals surface area contributed by atoms with Gasteiger partial charge in [0.25, 0.3) is 0 Å². The second kappa shape index (κ2) is 9.92. The summed E-state index contributed by atoms with van der Waals surface area (Å²) in [4.78, 5) is 39.0. The van der Waals surface area contributed by atoms with Crippen molar-refractivity contribution in [3.05, 3.63) is 52.4 Å². The van der Waals surface area contributed by atoms with Crippen LogP contribution in [0.15, 0.2) is 45.6 Å². The van der Waals surface area contributed by atoms with Crippen molar-refractivity contribution in [1.29, 1.82) is 0 Å². The van der Waals surface area contributed by atoms with E-state index in [1.807, 2.05) is 37.3 Å². The molecule has 2 N–H and O–H groups in total. The lowest BCUT2D eigenvalue weighted by Gasteiger charge is -2.66. The van der Waals surface area contributed by atoms with E-state index in [-0.39, 0.29) is 54.0 Å². The van der Waals surface area contributed by atoms with Crippen molar-refractivity contribution in [1.82, 2.24) is 0 Å². The van der Waals surface area contributed by atoms with Gasteiger partial charge in [0.15, 0.2) is 0 Å². The van der Waals surface area contributed by atoms with E-state index >= 15 is 0 Å². The second-order valence-corrected chi connectivity index (χ2v) is 14.2. The van der Waals surface area contributed by atoms with E-state index in [0.29, 0.717) is 24.2 Å². The fourth-order valence-electron chi connectivity index (χ4n) is 8.55. The highest BCUT2D eigenvalue weighted by molar-refractivity contribution is 5.75. The topological polar surface area (TPSA) is 132 Å². The Balaban J connectivity index is 1.27. The number of ether oxygens (including phenoxy) is 3. The second-order valence-electron chi connectivity index (χ2n) is 14.2. The Bertz CT molecular complexity index is 1490. The summed E-state index contributed by atoms with van der Waals surface area (Å²) in [6.07, 6.45) is 1.77. The monoisotopic (exact) mass is 592 g/mol. The molecule has 8 atom stereocenters. The molecule has 0 bridgehead atoms. The summed E-state index contributed by atoms with van der Waals surface area (Å²) in [6, 6.07) is 10.8. The van der Waals surface area contributed by atoms with Crippen molar-refractivity contribution < 1.29 is 38.4 Å². The Hall–Kier alpha value is -3.17. The standard InChI is InChI=1S/C34H40O9/c1-32-14-13-25(42-30(38)20-11-12-20)33(2,17-40-29(37)19-9-10-19)23(32)16-24(35)34(3)28(32)27(36)26-22(43-34)15-21(41-31(26)39)18-7-5-4-6-8-18/h4-8,15,19-20,23-25,27-28,35-36H,9-14,16-17H2,1-3H3/t23?,24-,25-,27-,28?,32-,33?,34+/m0/s1. The molecule has 1 aromatic heterocycles. The van der Waals surface area contributed by atoms with Gasteiger partial charge in [0, 0.05) is 23.0 Å². The van der Waals surface area contributed by atoms with Crippen LogP contribution in [0, 0.1) is 34.5 Å². The van der Waals surface area contributed by atoms with Gasteiger partial charge in [-0.1, -0.05) is 44.2 Å². The zero-order chi connectivity index (χ0) is 30.3. The van der Waals surface area contributed by atoms with E-state index in [1.54, 1.807) is 13.0 Å². The predicted molar refractivity (Wildman–Crippen MR) is 154 cm³/mol. The molecule has 3 unspecified atom stereocenters. The molecule has 43 heavy (non-hydrogen) atoms. The lowest BCUT2D eigenvalue weighted by Crippen LogP contribution is -2.71. The highest BCUT2D eigenvalue weighted by Crippen LogP contribution is 2.67. The van der Waals surface area contributed by atoms with Gasteiger partial charge in [0.1, 0.15) is 35.4 Å². The molecule has 9 heteroatoms. The summed E-state index contributed by atoms with van der Waals surface area (Å²) >= 11 is 0. The maximum absolute atomic E-state index is 13.4. The largest absolute Gasteiger partial charge is 0.484 e. The number of aliphatic hydroxyl groups is 2. The molecule has 1 aliphatic heterocycles. The van der Waals surface area contributed by atoms with Gasteiger partial charge in [0.2, 0.25) is 0 Å². The Morgan fingerprint density at radius 1 is 0.977 bits per heavy atom. The lowest BCUT2D eigenvalue weighted by molar-refractivity contribution is -0.267. The Labute approximate surface area is 250 Å². The summed E-state index contributed by atoms with van der Waals surface area (Å²) in [6.45, 7) is 5.87. The van der Waals surface area contributed by atoms with Gasteiger partial charge in [-0.05, 0) is 63.2 Å². The number of hydrogen-bond donors (Lipinski definition) is 2. The zero-order valence-electron chi connectivity index (χ0n) is 24.9. The number of rotatable bonds is 6. The van der Waals surface area contributed by atoms with E-state index in [9.17, 15) is 24.6 Å². The Morgan fingerprint density at radius 3 is 2.33 bits per heavy atom. The van der Waals surface area contributed by atoms with Crippen molar-refractivity contribution in [2.24, 2.45) is 34.5 Å². The van der Waals surface area contributed by atoms with Crippen LogP contribution in [-0.2, 0) is 19.1 Å². The smallest absolute Gasteiger partial charge is 0.345 e. The van der Waals surface area contributed by atoms with Crippen LogP contribution < -0.4 is 10.4 Å². The van der Waals surface area contributed by atoms with E-state index in [1.165, 1.54) is 0 Å². The highest BCUT2D eigenvalue weighted by Gasteiger charge is 2.70. The molecule has 0 spiro atoms. The summed E-state index contributed by atoms with van der Waals surface area (Å²) in [7, 11) is 0. The molecular weight excluding hydrogens is 552 g/mol. The minimum Gasteiger partial charge on any atom is -0.484 e. The van der Waals surface area contributed by atoms with Crippen molar-refractivity contribution in [3.63, 3.8) is 0 Å². The number of fused-ring (bicyclic) bond motifs is 4. The first-order valence-electron chi connectivity index (χ1n) is 15.6. The number of hydrogen-bond acceptors (Lipinski definition) is 9. The summed E-state index contributed by atoms with van der Waals surface area (Å²) in [5.41, 5.74) is -2.66. The van der Waals surface area contributed by atoms with Crippen molar-refractivity contribution in [2.45, 2.75) is 89.6 Å². The Kier molecular flexibility index (Phi) is 6.60. The quantitative estimate of drug-likeness (QED) is 0.463. The average molecular weight is 593 g/mol. The molecule has 0 amide bonds. The van der Waals surface area contributed by atoms with Crippen LogP contribution in [0.1, 0.15) is 77.4 Å². The van der Waals surface area contributed by atoms with Gasteiger partial charge >= 0.3 is 17.6 Å². The van der Waals surface area contributed by atoms with Crippen molar-refractivity contribution in [3.8, 4) is 17.1 Å². The number of carbonyl (C=O) groups excluding carboxylic acids is 2. The highest BCUT2D eigenvalue weighted by atomic mass is 16.6. The van der Waals surface area contributed by atoms with Crippen molar-refractivity contribution in [2.75, 3.05) is 6.61 Å². The number of benzene rings is 1. The molecule has 4 aliphatic carbocycles. The minimum absolute atomic E-state index is 0.0392. The summed E-state index contributed by atoms with van der Waals surface area (Å²) in [5.74, 6) is -1.13. The maximum atomic E-state index is 13.4. The predicted octanol–water partition coefficient (Wildman–Crippen LogP) is 4.57. The van der Waals surface area contributed by atoms with Crippen LogP contribution >= 0.6 is 0 Å². The summed E-state index contributed by atoms with van der Waals surface area (Å²) in [5, 5.41) is 23.9. The van der Waals surface area contributed by atoms with Crippen LogP contribution in [0.4, 0.5) is 0 Å². The molecule has 0 radical (unpaired) electrons. The fourth-order valence-corrected chi connectivity index (χ4v) is 8.55. The molecule has 9 nitrogen and oxygen atoms in total.